The second-order valence-electron chi connectivity index (χ2n) is 8.77. The van der Waals surface area contributed by atoms with Gasteiger partial charge >= 0.3 is 5.97 Å². The molecular formula is C28H44Cl3NO3. The molecule has 1 rings (SSSR count). The third-order valence-corrected chi connectivity index (χ3v) is 6.15. The standard InChI is InChI=1S/C20H39N.C8H5Cl3O3/c1-4-5-6-7-8-9-10-11-12-13-14-15-16-17-18-19-20-21(2)3;9-4-1-6(11)7(2-5(4)10)14-3-8(12)13/h8-9,11-12H,4-7,10,13-20H2,1-3H3;1-2H,3H2,(H,12,13)/b9-8-,12-11-;. The first-order valence-electron chi connectivity index (χ1n) is 12.7. The maximum atomic E-state index is 10.2. The Hall–Kier alpha value is -1.20. The summed E-state index contributed by atoms with van der Waals surface area (Å²) in [6, 6.07) is 2.76. The van der Waals surface area contributed by atoms with Crippen molar-refractivity contribution in [1.82, 2.24) is 4.90 Å². The molecule has 0 spiro atoms. The predicted octanol–water partition coefficient (Wildman–Crippen LogP) is 9.47. The average molecular weight is 549 g/mol. The highest BCUT2D eigenvalue weighted by atomic mass is 35.5. The highest BCUT2D eigenvalue weighted by Gasteiger charge is 2.08. The molecule has 200 valence electrons. The molecule has 0 aromatic heterocycles. The molecule has 35 heavy (non-hydrogen) atoms. The van der Waals surface area contributed by atoms with E-state index < -0.39 is 12.6 Å². The molecule has 4 nitrogen and oxygen atoms in total. The van der Waals surface area contributed by atoms with Crippen LogP contribution in [0.4, 0.5) is 0 Å². The Kier molecular flexibility index (Phi) is 22.4. The maximum Gasteiger partial charge on any atom is 0.341 e. The molecule has 0 aliphatic heterocycles. The second kappa shape index (κ2) is 23.2. The number of hydrogen-bond donors (Lipinski definition) is 1. The quantitative estimate of drug-likeness (QED) is 0.113. The molecule has 1 N–H and O–H groups in total. The van der Waals surface area contributed by atoms with E-state index in [1.165, 1.54) is 89.3 Å². The molecule has 0 unspecified atom stereocenters. The van der Waals surface area contributed by atoms with Gasteiger partial charge in [0.05, 0.1) is 15.1 Å². The lowest BCUT2D eigenvalue weighted by Crippen LogP contribution is -2.12. The van der Waals surface area contributed by atoms with Crippen LogP contribution in [0, 0.1) is 0 Å². The number of hydrogen-bond acceptors (Lipinski definition) is 3. The van der Waals surface area contributed by atoms with Crippen LogP contribution in [-0.4, -0.2) is 43.2 Å². The Balaban J connectivity index is 0.000000712. The van der Waals surface area contributed by atoms with Gasteiger partial charge in [0.15, 0.2) is 6.61 Å². The summed E-state index contributed by atoms with van der Waals surface area (Å²) in [5.41, 5.74) is 0. The molecular weight excluding hydrogens is 505 g/mol. The first-order valence-corrected chi connectivity index (χ1v) is 13.8. The number of rotatable bonds is 18. The zero-order chi connectivity index (χ0) is 26.3. The molecule has 0 saturated carbocycles. The summed E-state index contributed by atoms with van der Waals surface area (Å²) in [7, 11) is 4.32. The Morgan fingerprint density at radius 2 is 1.37 bits per heavy atom. The summed E-state index contributed by atoms with van der Waals surface area (Å²) >= 11 is 17.1. The van der Waals surface area contributed by atoms with E-state index in [9.17, 15) is 4.79 Å². The van der Waals surface area contributed by atoms with Crippen molar-refractivity contribution in [3.8, 4) is 5.75 Å². The van der Waals surface area contributed by atoms with Gasteiger partial charge in [-0.25, -0.2) is 4.79 Å². The number of allylic oxidation sites excluding steroid dienone is 4. The lowest BCUT2D eigenvalue weighted by molar-refractivity contribution is -0.139. The fourth-order valence-corrected chi connectivity index (χ4v) is 3.76. The van der Waals surface area contributed by atoms with Crippen LogP contribution in [0.25, 0.3) is 0 Å². The van der Waals surface area contributed by atoms with Crippen molar-refractivity contribution >= 4 is 40.8 Å². The molecule has 0 aliphatic rings. The first kappa shape index (κ1) is 33.8. The fraction of sp³-hybridized carbons (Fsp3) is 0.607. The molecule has 0 heterocycles. The van der Waals surface area contributed by atoms with Crippen LogP contribution in [0.5, 0.6) is 5.75 Å². The highest BCUT2D eigenvalue weighted by Crippen LogP contribution is 2.33. The van der Waals surface area contributed by atoms with Gasteiger partial charge in [0, 0.05) is 6.07 Å². The number of benzene rings is 1. The zero-order valence-corrected chi connectivity index (χ0v) is 24.0. The summed E-state index contributed by atoms with van der Waals surface area (Å²) < 4.78 is 4.86. The normalized spacial score (nSPS) is 11.3. The van der Waals surface area contributed by atoms with Crippen LogP contribution in [0.2, 0.25) is 15.1 Å². The van der Waals surface area contributed by atoms with Gasteiger partial charge in [-0.2, -0.15) is 0 Å². The second-order valence-corrected chi connectivity index (χ2v) is 9.99. The van der Waals surface area contributed by atoms with Crippen molar-refractivity contribution in [1.29, 1.82) is 0 Å². The number of nitrogens with zero attached hydrogens (tertiary/aromatic N) is 1. The Labute approximate surface area is 228 Å². The summed E-state index contributed by atoms with van der Waals surface area (Å²) in [6.45, 7) is 3.03. The lowest BCUT2D eigenvalue weighted by atomic mass is 10.1. The molecule has 1 aromatic rings. The van der Waals surface area contributed by atoms with Crippen LogP contribution < -0.4 is 4.74 Å². The minimum absolute atomic E-state index is 0.198. The Morgan fingerprint density at radius 3 is 1.94 bits per heavy atom. The highest BCUT2D eigenvalue weighted by molar-refractivity contribution is 6.43. The van der Waals surface area contributed by atoms with Crippen LogP contribution in [0.1, 0.15) is 84.0 Å². The third kappa shape index (κ3) is 21.8. The first-order chi connectivity index (χ1) is 16.8. The predicted molar refractivity (Wildman–Crippen MR) is 153 cm³/mol. The van der Waals surface area contributed by atoms with Gasteiger partial charge in [-0.15, -0.1) is 0 Å². The van der Waals surface area contributed by atoms with Crippen molar-refractivity contribution in [3.05, 3.63) is 51.5 Å². The molecule has 0 fully saturated rings. The number of halogens is 3. The van der Waals surface area contributed by atoms with Crippen LogP contribution in [0.15, 0.2) is 36.4 Å². The van der Waals surface area contributed by atoms with E-state index in [2.05, 4.69) is 50.2 Å². The molecule has 7 heteroatoms. The molecule has 0 aliphatic carbocycles. The number of carbonyl (C=O) groups is 1. The number of carboxylic acid groups (broad SMARTS) is 1. The molecule has 0 radical (unpaired) electrons. The van der Waals surface area contributed by atoms with E-state index in [-0.39, 0.29) is 15.8 Å². The van der Waals surface area contributed by atoms with Crippen LogP contribution in [-0.2, 0) is 4.79 Å². The third-order valence-electron chi connectivity index (χ3n) is 5.13. The van der Waals surface area contributed by atoms with Crippen molar-refractivity contribution < 1.29 is 14.6 Å². The molecule has 0 atom stereocenters. The minimum Gasteiger partial charge on any atom is -0.480 e. The number of unbranched alkanes of at least 4 members (excludes halogenated alkanes) is 9. The van der Waals surface area contributed by atoms with Crippen LogP contribution >= 0.6 is 34.8 Å². The van der Waals surface area contributed by atoms with Gasteiger partial charge in [-0.3, -0.25) is 0 Å². The zero-order valence-electron chi connectivity index (χ0n) is 21.7. The SMILES string of the molecule is CCCCC/C=C\C/C=C\CCCCCCCCN(C)C.O=C(O)COc1cc(Cl)c(Cl)cc1Cl. The lowest BCUT2D eigenvalue weighted by Gasteiger charge is -2.08. The van der Waals surface area contributed by atoms with E-state index >= 15 is 0 Å². The number of ether oxygens (including phenoxy) is 1. The van der Waals surface area contributed by atoms with E-state index in [0.717, 1.165) is 6.42 Å². The summed E-state index contributed by atoms with van der Waals surface area (Å²) in [4.78, 5) is 12.5. The average Bonchev–Trinajstić information content (AvgIpc) is 2.80. The molecule has 1 aromatic carbocycles. The Bertz CT molecular complexity index is 736. The van der Waals surface area contributed by atoms with Gasteiger partial charge in [-0.05, 0) is 65.2 Å². The van der Waals surface area contributed by atoms with Crippen molar-refractivity contribution in [3.63, 3.8) is 0 Å². The summed E-state index contributed by atoms with van der Waals surface area (Å²) in [6.07, 6.45) is 25.4. The smallest absolute Gasteiger partial charge is 0.341 e. The maximum absolute atomic E-state index is 10.2. The van der Waals surface area contributed by atoms with E-state index in [1.807, 2.05) is 0 Å². The summed E-state index contributed by atoms with van der Waals surface area (Å²) in [5, 5.41) is 9.14. The molecule has 0 saturated heterocycles. The monoisotopic (exact) mass is 547 g/mol. The minimum atomic E-state index is -1.09. The molecule has 0 amide bonds. The van der Waals surface area contributed by atoms with E-state index in [4.69, 9.17) is 44.6 Å². The van der Waals surface area contributed by atoms with Crippen molar-refractivity contribution in [2.45, 2.75) is 84.0 Å². The number of carboxylic acids is 1. The van der Waals surface area contributed by atoms with Crippen molar-refractivity contribution in [2.24, 2.45) is 0 Å². The van der Waals surface area contributed by atoms with Gasteiger partial charge in [-0.1, -0.05) is 105 Å². The topological polar surface area (TPSA) is 49.8 Å². The van der Waals surface area contributed by atoms with Gasteiger partial charge in [0.1, 0.15) is 5.75 Å². The fourth-order valence-electron chi connectivity index (χ4n) is 3.17. The summed E-state index contributed by atoms with van der Waals surface area (Å²) in [5.74, 6) is -0.893. The van der Waals surface area contributed by atoms with E-state index in [1.54, 1.807) is 0 Å². The van der Waals surface area contributed by atoms with Gasteiger partial charge in [0.25, 0.3) is 0 Å². The van der Waals surface area contributed by atoms with Gasteiger partial charge < -0.3 is 14.7 Å². The number of aliphatic carboxylic acids is 1. The van der Waals surface area contributed by atoms with Crippen LogP contribution in [0.3, 0.4) is 0 Å². The Morgan fingerprint density at radius 1 is 0.829 bits per heavy atom. The molecule has 0 bridgehead atoms. The van der Waals surface area contributed by atoms with Gasteiger partial charge in [0.2, 0.25) is 0 Å². The van der Waals surface area contributed by atoms with E-state index in [0.29, 0.717) is 5.02 Å². The largest absolute Gasteiger partial charge is 0.480 e. The van der Waals surface area contributed by atoms with Crippen molar-refractivity contribution in [2.75, 3.05) is 27.2 Å².